The van der Waals surface area contributed by atoms with Crippen molar-refractivity contribution in [2.45, 2.75) is 37.8 Å². The third-order valence-corrected chi connectivity index (χ3v) is 4.54. The van der Waals surface area contributed by atoms with Crippen LogP contribution in [0.5, 0.6) is 5.75 Å². The molecule has 0 bridgehead atoms. The number of nitrogens with one attached hydrogen (secondary N) is 1. The summed E-state index contributed by atoms with van der Waals surface area (Å²) >= 11 is 0. The summed E-state index contributed by atoms with van der Waals surface area (Å²) in [6, 6.07) is 7.47. The van der Waals surface area contributed by atoms with E-state index < -0.39 is 11.6 Å². The molecule has 7 heteroatoms. The largest absolute Gasteiger partial charge is 0.496 e. The van der Waals surface area contributed by atoms with E-state index >= 15 is 0 Å². The fourth-order valence-corrected chi connectivity index (χ4v) is 2.85. The van der Waals surface area contributed by atoms with Gasteiger partial charge in [0.05, 0.1) is 20.1 Å². The van der Waals surface area contributed by atoms with Gasteiger partial charge in [0.1, 0.15) is 5.75 Å². The molecular weight excluding hydrogens is 346 g/mol. The molecule has 1 atom stereocenters. The van der Waals surface area contributed by atoms with Crippen LogP contribution in [0.15, 0.2) is 34.5 Å². The maximum absolute atomic E-state index is 12.2. The van der Waals surface area contributed by atoms with Crippen LogP contribution in [0.4, 0.5) is 0 Å². The Labute approximate surface area is 159 Å². The molecule has 1 aromatic carbocycles. The van der Waals surface area contributed by atoms with Gasteiger partial charge in [-0.15, -0.1) is 12.3 Å². The van der Waals surface area contributed by atoms with E-state index in [1.54, 1.807) is 7.11 Å². The molecule has 0 saturated heterocycles. The highest BCUT2D eigenvalue weighted by molar-refractivity contribution is 5.78. The number of amides is 1. The molecule has 1 N–H and O–H groups in total. The van der Waals surface area contributed by atoms with E-state index in [2.05, 4.69) is 21.5 Å². The lowest BCUT2D eigenvalue weighted by Crippen LogP contribution is -2.35. The second-order valence-electron chi connectivity index (χ2n) is 6.43. The molecule has 0 radical (unpaired) electrons. The molecule has 0 aliphatic carbocycles. The fourth-order valence-electron chi connectivity index (χ4n) is 2.85. The van der Waals surface area contributed by atoms with E-state index in [9.17, 15) is 9.59 Å². The second kappa shape index (κ2) is 9.72. The van der Waals surface area contributed by atoms with Gasteiger partial charge in [-0.1, -0.05) is 18.2 Å². The van der Waals surface area contributed by atoms with Crippen LogP contribution in [-0.4, -0.2) is 38.3 Å². The molecule has 144 valence electrons. The Morgan fingerprint density at radius 1 is 1.26 bits per heavy atom. The summed E-state index contributed by atoms with van der Waals surface area (Å²) in [5.41, 5.74) is 0.400. The number of benzene rings is 1. The molecule has 0 aromatic heterocycles. The van der Waals surface area contributed by atoms with Crippen LogP contribution >= 0.6 is 0 Å². The molecule has 0 fully saturated rings. The highest BCUT2D eigenvalue weighted by Gasteiger charge is 2.39. The summed E-state index contributed by atoms with van der Waals surface area (Å²) in [5, 5.41) is 10.8. The normalized spacial score (nSPS) is 14.7. The highest BCUT2D eigenvalue weighted by atomic mass is 16.5. The summed E-state index contributed by atoms with van der Waals surface area (Å²) in [5.74, 6) is 2.23. The molecule has 27 heavy (non-hydrogen) atoms. The Hall–Kier alpha value is -2.88. The van der Waals surface area contributed by atoms with Gasteiger partial charge in [-0.2, -0.15) is 10.2 Å². The fraction of sp³-hybridized carbons (Fsp3) is 0.500. The molecule has 1 unspecified atom stereocenters. The van der Waals surface area contributed by atoms with Gasteiger partial charge in [-0.25, -0.2) is 0 Å². The highest BCUT2D eigenvalue weighted by Crippen LogP contribution is 2.37. The van der Waals surface area contributed by atoms with Crippen LogP contribution in [0.1, 0.15) is 31.2 Å². The first-order valence-corrected chi connectivity index (χ1v) is 8.87. The van der Waals surface area contributed by atoms with Crippen molar-refractivity contribution in [3.8, 4) is 18.1 Å². The average Bonchev–Trinajstić information content (AvgIpc) is 3.47. The van der Waals surface area contributed by atoms with Crippen LogP contribution in [0.3, 0.4) is 0 Å². The van der Waals surface area contributed by atoms with Crippen molar-refractivity contribution in [1.29, 1.82) is 0 Å². The van der Waals surface area contributed by atoms with Gasteiger partial charge >= 0.3 is 5.97 Å². The van der Waals surface area contributed by atoms with Gasteiger partial charge in [0.15, 0.2) is 5.66 Å². The number of carbonyl (C=O) groups excluding carboxylic acids is 2. The van der Waals surface area contributed by atoms with Crippen molar-refractivity contribution in [2.75, 3.05) is 20.8 Å². The van der Waals surface area contributed by atoms with E-state index in [1.165, 1.54) is 7.11 Å². The van der Waals surface area contributed by atoms with Crippen molar-refractivity contribution >= 4 is 11.9 Å². The monoisotopic (exact) mass is 371 g/mol. The molecule has 1 aliphatic rings. The zero-order valence-electron chi connectivity index (χ0n) is 15.7. The Kier molecular flexibility index (Phi) is 7.35. The minimum atomic E-state index is -0.499. The predicted octanol–water partition coefficient (Wildman–Crippen LogP) is 2.50. The topological polar surface area (TPSA) is 89.3 Å². The Balaban J connectivity index is 1.86. The van der Waals surface area contributed by atoms with E-state index in [0.717, 1.165) is 5.56 Å². The summed E-state index contributed by atoms with van der Waals surface area (Å²) < 4.78 is 10.2. The lowest BCUT2D eigenvalue weighted by Gasteiger charge is -2.17. The van der Waals surface area contributed by atoms with Crippen molar-refractivity contribution < 1.29 is 19.1 Å². The van der Waals surface area contributed by atoms with E-state index in [-0.39, 0.29) is 24.8 Å². The minimum absolute atomic E-state index is 0.152. The third kappa shape index (κ3) is 6.10. The number of terminal acetylenes is 1. The summed E-state index contributed by atoms with van der Waals surface area (Å²) in [7, 11) is 2.92. The molecule has 1 heterocycles. The molecule has 0 saturated carbocycles. The first kappa shape index (κ1) is 20.4. The SMILES string of the molecule is C#CCCC1(CCC(=O)NCC(Cc2ccccc2OC)C(=O)OC)N=N1. The van der Waals surface area contributed by atoms with Crippen molar-refractivity contribution in [2.24, 2.45) is 16.1 Å². The lowest BCUT2D eigenvalue weighted by atomic mass is 9.98. The van der Waals surface area contributed by atoms with Gasteiger partial charge in [0.25, 0.3) is 0 Å². The van der Waals surface area contributed by atoms with Gasteiger partial charge in [-0.05, 0) is 18.1 Å². The zero-order chi connectivity index (χ0) is 19.7. The molecule has 1 aliphatic heterocycles. The van der Waals surface area contributed by atoms with Crippen LogP contribution in [0.25, 0.3) is 0 Å². The Morgan fingerprint density at radius 3 is 2.63 bits per heavy atom. The predicted molar refractivity (Wildman–Crippen MR) is 100 cm³/mol. The third-order valence-electron chi connectivity index (χ3n) is 4.54. The van der Waals surface area contributed by atoms with Crippen LogP contribution in [-0.2, 0) is 20.7 Å². The number of nitrogens with zero attached hydrogens (tertiary/aromatic N) is 2. The molecular formula is C20H25N3O4. The van der Waals surface area contributed by atoms with Gasteiger partial charge in [0, 0.05) is 32.2 Å². The molecule has 1 aromatic rings. The number of esters is 1. The number of hydrogen-bond donors (Lipinski definition) is 1. The van der Waals surface area contributed by atoms with E-state index in [1.807, 2.05) is 24.3 Å². The average molecular weight is 371 g/mol. The second-order valence-corrected chi connectivity index (χ2v) is 6.43. The van der Waals surface area contributed by atoms with Gasteiger partial charge in [0.2, 0.25) is 5.91 Å². The van der Waals surface area contributed by atoms with Crippen LogP contribution in [0, 0.1) is 18.3 Å². The van der Waals surface area contributed by atoms with Crippen molar-refractivity contribution in [1.82, 2.24) is 5.32 Å². The Morgan fingerprint density at radius 2 is 2.00 bits per heavy atom. The van der Waals surface area contributed by atoms with Crippen LogP contribution < -0.4 is 10.1 Å². The number of para-hydroxylation sites is 1. The number of carbonyl (C=O) groups is 2. The quantitative estimate of drug-likeness (QED) is 0.478. The minimum Gasteiger partial charge on any atom is -0.496 e. The first-order chi connectivity index (χ1) is 13.0. The van der Waals surface area contributed by atoms with Crippen molar-refractivity contribution in [3.05, 3.63) is 29.8 Å². The smallest absolute Gasteiger partial charge is 0.310 e. The van der Waals surface area contributed by atoms with E-state index in [4.69, 9.17) is 15.9 Å². The molecule has 1 amide bonds. The number of ether oxygens (including phenoxy) is 2. The van der Waals surface area contributed by atoms with E-state index in [0.29, 0.717) is 31.4 Å². The van der Waals surface area contributed by atoms with Gasteiger partial charge in [-0.3, -0.25) is 9.59 Å². The maximum atomic E-state index is 12.2. The first-order valence-electron chi connectivity index (χ1n) is 8.87. The van der Waals surface area contributed by atoms with Gasteiger partial charge < -0.3 is 14.8 Å². The lowest BCUT2D eigenvalue weighted by molar-refractivity contribution is -0.145. The Bertz CT molecular complexity index is 733. The van der Waals surface area contributed by atoms with Crippen molar-refractivity contribution in [3.63, 3.8) is 0 Å². The zero-order valence-corrected chi connectivity index (χ0v) is 15.7. The molecule has 2 rings (SSSR count). The molecule has 0 spiro atoms. The summed E-state index contributed by atoms with van der Waals surface area (Å²) in [6.45, 7) is 0.190. The number of rotatable bonds is 11. The maximum Gasteiger partial charge on any atom is 0.310 e. The summed E-state index contributed by atoms with van der Waals surface area (Å²) in [6.07, 6.45) is 7.72. The summed E-state index contributed by atoms with van der Waals surface area (Å²) in [4.78, 5) is 24.3. The number of methoxy groups -OCH3 is 2. The number of hydrogen-bond acceptors (Lipinski definition) is 6. The molecule has 7 nitrogen and oxygen atoms in total. The standard InChI is InChI=1S/C20H25N3O4/c1-4-5-11-20(22-23-20)12-10-18(24)21-14-16(19(25)27-3)13-15-8-6-7-9-17(15)26-2/h1,6-9,16H,5,10-14H2,2-3H3,(H,21,24). The van der Waals surface area contributed by atoms with Crippen LogP contribution in [0.2, 0.25) is 0 Å².